The van der Waals surface area contributed by atoms with Gasteiger partial charge in [0.2, 0.25) is 17.7 Å². The van der Waals surface area contributed by atoms with Crippen LogP contribution in [0.3, 0.4) is 0 Å². The van der Waals surface area contributed by atoms with E-state index in [1.807, 2.05) is 4.72 Å². The number of hydrogen-bond donors (Lipinski definition) is 1. The average Bonchev–Trinajstić information content (AvgIpc) is 2.68. The summed E-state index contributed by atoms with van der Waals surface area (Å²) in [7, 11) is -3.91. The SMILES string of the molecule is CC(=O)NS(=O)(=O)c1ccc(N2C(=O)CCC2=O)cc1. The second-order valence-electron chi connectivity index (χ2n) is 4.28. The summed E-state index contributed by atoms with van der Waals surface area (Å²) in [5.41, 5.74) is 0.319. The van der Waals surface area contributed by atoms with E-state index in [9.17, 15) is 22.8 Å². The van der Waals surface area contributed by atoms with E-state index in [1.54, 1.807) is 0 Å². The van der Waals surface area contributed by atoms with Crippen LogP contribution in [0.5, 0.6) is 0 Å². The third-order valence-corrected chi connectivity index (χ3v) is 4.18. The first-order valence-electron chi connectivity index (χ1n) is 5.80. The Morgan fingerprint density at radius 1 is 1.10 bits per heavy atom. The van der Waals surface area contributed by atoms with Gasteiger partial charge in [-0.15, -0.1) is 0 Å². The van der Waals surface area contributed by atoms with Crippen molar-refractivity contribution >= 4 is 33.4 Å². The van der Waals surface area contributed by atoms with Gasteiger partial charge in [-0.2, -0.15) is 0 Å². The minimum atomic E-state index is -3.91. The summed E-state index contributed by atoms with van der Waals surface area (Å²) in [5.74, 6) is -1.32. The van der Waals surface area contributed by atoms with E-state index in [1.165, 1.54) is 24.3 Å². The Kier molecular flexibility index (Phi) is 3.58. The molecule has 3 amide bonds. The average molecular weight is 296 g/mol. The van der Waals surface area contributed by atoms with Gasteiger partial charge in [0.25, 0.3) is 10.0 Å². The van der Waals surface area contributed by atoms with Gasteiger partial charge in [0.15, 0.2) is 0 Å². The monoisotopic (exact) mass is 296 g/mol. The van der Waals surface area contributed by atoms with Crippen LogP contribution in [0.25, 0.3) is 0 Å². The lowest BCUT2D eigenvalue weighted by atomic mass is 10.3. The van der Waals surface area contributed by atoms with Crippen molar-refractivity contribution in [3.05, 3.63) is 24.3 Å². The number of nitrogens with zero attached hydrogens (tertiary/aromatic N) is 1. The van der Waals surface area contributed by atoms with Crippen LogP contribution in [-0.4, -0.2) is 26.1 Å². The van der Waals surface area contributed by atoms with Crippen molar-refractivity contribution in [3.63, 3.8) is 0 Å². The molecule has 0 spiro atoms. The van der Waals surface area contributed by atoms with Crippen LogP contribution in [0, 0.1) is 0 Å². The maximum absolute atomic E-state index is 11.7. The van der Waals surface area contributed by atoms with Gasteiger partial charge in [-0.25, -0.2) is 13.1 Å². The summed E-state index contributed by atoms with van der Waals surface area (Å²) in [4.78, 5) is 34.8. The predicted octanol–water partition coefficient (Wildman–Crippen LogP) is 0.165. The zero-order valence-electron chi connectivity index (χ0n) is 10.6. The molecule has 1 fully saturated rings. The Morgan fingerprint density at radius 2 is 1.60 bits per heavy atom. The van der Waals surface area contributed by atoms with Crippen molar-refractivity contribution in [2.45, 2.75) is 24.7 Å². The summed E-state index contributed by atoms with van der Waals surface area (Å²) in [6.45, 7) is 1.09. The van der Waals surface area contributed by atoms with Crippen molar-refractivity contribution in [1.82, 2.24) is 4.72 Å². The van der Waals surface area contributed by atoms with E-state index < -0.39 is 15.9 Å². The van der Waals surface area contributed by atoms with E-state index in [0.29, 0.717) is 5.69 Å². The standard InChI is InChI=1S/C12H12N2O5S/c1-8(15)13-20(18,19)10-4-2-9(3-5-10)14-11(16)6-7-12(14)17/h2-5H,6-7H2,1H3,(H,13,15). The van der Waals surface area contributed by atoms with Gasteiger partial charge in [0.05, 0.1) is 10.6 Å². The number of carbonyl (C=O) groups excluding carboxylic acids is 3. The largest absolute Gasteiger partial charge is 0.274 e. The zero-order valence-corrected chi connectivity index (χ0v) is 11.4. The van der Waals surface area contributed by atoms with Gasteiger partial charge in [-0.1, -0.05) is 0 Å². The lowest BCUT2D eigenvalue weighted by Gasteiger charge is -2.14. The highest BCUT2D eigenvalue weighted by atomic mass is 32.2. The number of anilines is 1. The molecule has 1 aromatic carbocycles. The maximum atomic E-state index is 11.7. The second kappa shape index (κ2) is 5.04. The lowest BCUT2D eigenvalue weighted by Crippen LogP contribution is -2.29. The highest BCUT2D eigenvalue weighted by molar-refractivity contribution is 7.90. The molecular formula is C12H12N2O5S. The Hall–Kier alpha value is -2.22. The smallest absolute Gasteiger partial charge is 0.264 e. The molecule has 0 aliphatic carbocycles. The van der Waals surface area contributed by atoms with Gasteiger partial charge < -0.3 is 0 Å². The second-order valence-corrected chi connectivity index (χ2v) is 5.96. The Labute approximate surface area is 115 Å². The zero-order chi connectivity index (χ0) is 14.9. The van der Waals surface area contributed by atoms with Crippen LogP contribution >= 0.6 is 0 Å². The fourth-order valence-corrected chi connectivity index (χ4v) is 2.88. The van der Waals surface area contributed by atoms with E-state index in [-0.39, 0.29) is 29.6 Å². The third kappa shape index (κ3) is 2.69. The number of carbonyl (C=O) groups is 3. The maximum Gasteiger partial charge on any atom is 0.264 e. The minimum absolute atomic E-state index is 0.115. The Bertz CT molecular complexity index is 662. The molecule has 1 N–H and O–H groups in total. The number of benzene rings is 1. The molecular weight excluding hydrogens is 284 g/mol. The molecule has 106 valence electrons. The molecule has 0 bridgehead atoms. The quantitative estimate of drug-likeness (QED) is 0.801. The van der Waals surface area contributed by atoms with Gasteiger partial charge >= 0.3 is 0 Å². The van der Waals surface area contributed by atoms with Gasteiger partial charge in [-0.3, -0.25) is 19.3 Å². The summed E-state index contributed by atoms with van der Waals surface area (Å²) in [6.07, 6.45) is 0.315. The molecule has 8 heteroatoms. The Morgan fingerprint density at radius 3 is 2.05 bits per heavy atom. The predicted molar refractivity (Wildman–Crippen MR) is 69.2 cm³/mol. The number of rotatable bonds is 3. The molecule has 1 heterocycles. The van der Waals surface area contributed by atoms with Crippen molar-refractivity contribution in [2.75, 3.05) is 4.90 Å². The third-order valence-electron chi connectivity index (χ3n) is 2.73. The van der Waals surface area contributed by atoms with Crippen LogP contribution in [0.1, 0.15) is 19.8 Å². The summed E-state index contributed by atoms with van der Waals surface area (Å²) < 4.78 is 25.3. The molecule has 0 aromatic heterocycles. The molecule has 1 saturated heterocycles. The first-order valence-corrected chi connectivity index (χ1v) is 7.29. The van der Waals surface area contributed by atoms with Gasteiger partial charge in [-0.05, 0) is 24.3 Å². The van der Waals surface area contributed by atoms with Crippen molar-refractivity contribution in [2.24, 2.45) is 0 Å². The fourth-order valence-electron chi connectivity index (χ4n) is 1.89. The van der Waals surface area contributed by atoms with E-state index in [2.05, 4.69) is 0 Å². The molecule has 0 radical (unpaired) electrons. The van der Waals surface area contributed by atoms with Crippen LogP contribution in [0.15, 0.2) is 29.2 Å². The number of amides is 3. The molecule has 0 saturated carbocycles. The van der Waals surface area contributed by atoms with Crippen molar-refractivity contribution in [1.29, 1.82) is 0 Å². The molecule has 1 aromatic rings. The first kappa shape index (κ1) is 14.2. The fraction of sp³-hybridized carbons (Fsp3) is 0.250. The molecule has 2 rings (SSSR count). The highest BCUT2D eigenvalue weighted by Crippen LogP contribution is 2.23. The van der Waals surface area contributed by atoms with Gasteiger partial charge in [0, 0.05) is 19.8 Å². The number of hydrogen-bond acceptors (Lipinski definition) is 5. The molecule has 1 aliphatic rings. The van der Waals surface area contributed by atoms with Crippen molar-refractivity contribution in [3.8, 4) is 0 Å². The van der Waals surface area contributed by atoms with Crippen LogP contribution in [0.4, 0.5) is 5.69 Å². The molecule has 0 atom stereocenters. The highest BCUT2D eigenvalue weighted by Gasteiger charge is 2.30. The molecule has 1 aliphatic heterocycles. The normalized spacial score (nSPS) is 15.6. The number of imide groups is 1. The minimum Gasteiger partial charge on any atom is -0.274 e. The van der Waals surface area contributed by atoms with Gasteiger partial charge in [0.1, 0.15) is 0 Å². The molecule has 7 nitrogen and oxygen atoms in total. The Balaban J connectivity index is 2.29. The first-order chi connectivity index (χ1) is 9.31. The topological polar surface area (TPSA) is 101 Å². The van der Waals surface area contributed by atoms with E-state index >= 15 is 0 Å². The van der Waals surface area contributed by atoms with E-state index in [4.69, 9.17) is 0 Å². The van der Waals surface area contributed by atoms with Crippen LogP contribution < -0.4 is 9.62 Å². The summed E-state index contributed by atoms with van der Waals surface area (Å²) in [5, 5.41) is 0. The molecule has 20 heavy (non-hydrogen) atoms. The summed E-state index contributed by atoms with van der Waals surface area (Å²) in [6, 6.07) is 5.19. The summed E-state index contributed by atoms with van der Waals surface area (Å²) >= 11 is 0. The number of nitrogens with one attached hydrogen (secondary N) is 1. The number of sulfonamides is 1. The lowest BCUT2D eigenvalue weighted by molar-refractivity contribution is -0.121. The van der Waals surface area contributed by atoms with Crippen LogP contribution in [-0.2, 0) is 24.4 Å². The van der Waals surface area contributed by atoms with E-state index in [0.717, 1.165) is 11.8 Å². The van der Waals surface area contributed by atoms with Crippen LogP contribution in [0.2, 0.25) is 0 Å². The molecule has 0 unspecified atom stereocenters. The van der Waals surface area contributed by atoms with Crippen molar-refractivity contribution < 1.29 is 22.8 Å².